The van der Waals surface area contributed by atoms with Gasteiger partial charge >= 0.3 is 0 Å². The van der Waals surface area contributed by atoms with E-state index in [-0.39, 0.29) is 5.92 Å². The van der Waals surface area contributed by atoms with Crippen LogP contribution in [0.25, 0.3) is 0 Å². The third kappa shape index (κ3) is 3.68. The highest BCUT2D eigenvalue weighted by atomic mass is 14.9. The second-order valence-corrected chi connectivity index (χ2v) is 2.98. The molecule has 1 N–H and O–H groups in total. The summed E-state index contributed by atoms with van der Waals surface area (Å²) in [6.45, 7) is 3.34. The maximum atomic E-state index is 8.53. The standard InChI is InChI=1S/C10H13N3/c1-9(6-11)7-12-8-10-4-2-3-5-13-10/h2-5,9,12H,7-8H2,1H3. The van der Waals surface area contributed by atoms with Gasteiger partial charge in [-0.1, -0.05) is 6.07 Å². The zero-order chi connectivity index (χ0) is 9.52. The van der Waals surface area contributed by atoms with Gasteiger partial charge in [-0.05, 0) is 19.1 Å². The van der Waals surface area contributed by atoms with E-state index in [9.17, 15) is 0 Å². The summed E-state index contributed by atoms with van der Waals surface area (Å²) in [6.07, 6.45) is 1.77. The van der Waals surface area contributed by atoms with Crippen molar-refractivity contribution in [1.82, 2.24) is 10.3 Å². The van der Waals surface area contributed by atoms with Crippen molar-refractivity contribution < 1.29 is 0 Å². The van der Waals surface area contributed by atoms with E-state index in [1.165, 1.54) is 0 Å². The topological polar surface area (TPSA) is 48.7 Å². The quantitative estimate of drug-likeness (QED) is 0.751. The maximum Gasteiger partial charge on any atom is 0.0666 e. The summed E-state index contributed by atoms with van der Waals surface area (Å²) in [5.74, 6) is 0.0590. The molecular weight excluding hydrogens is 162 g/mol. The first kappa shape index (κ1) is 9.69. The minimum absolute atomic E-state index is 0.0590. The largest absolute Gasteiger partial charge is 0.310 e. The number of nitrogens with zero attached hydrogens (tertiary/aromatic N) is 2. The molecule has 1 rings (SSSR count). The molecule has 68 valence electrons. The average molecular weight is 175 g/mol. The lowest BCUT2D eigenvalue weighted by atomic mass is 10.2. The Bertz CT molecular complexity index is 276. The third-order valence-electron chi connectivity index (χ3n) is 1.70. The van der Waals surface area contributed by atoms with E-state index in [1.807, 2.05) is 25.1 Å². The Labute approximate surface area is 78.4 Å². The van der Waals surface area contributed by atoms with Crippen LogP contribution in [0.15, 0.2) is 24.4 Å². The zero-order valence-electron chi connectivity index (χ0n) is 7.70. The summed E-state index contributed by atoms with van der Waals surface area (Å²) in [7, 11) is 0. The van der Waals surface area contributed by atoms with E-state index in [1.54, 1.807) is 6.20 Å². The van der Waals surface area contributed by atoms with Crippen LogP contribution in [-0.4, -0.2) is 11.5 Å². The van der Waals surface area contributed by atoms with Crippen LogP contribution in [0.3, 0.4) is 0 Å². The van der Waals surface area contributed by atoms with Crippen LogP contribution in [0, 0.1) is 17.2 Å². The van der Waals surface area contributed by atoms with Crippen LogP contribution >= 0.6 is 0 Å². The lowest BCUT2D eigenvalue weighted by Crippen LogP contribution is -2.20. The summed E-state index contributed by atoms with van der Waals surface area (Å²) < 4.78 is 0. The van der Waals surface area contributed by atoms with Crippen LogP contribution < -0.4 is 5.32 Å². The van der Waals surface area contributed by atoms with Gasteiger partial charge < -0.3 is 5.32 Å². The van der Waals surface area contributed by atoms with Crippen molar-refractivity contribution >= 4 is 0 Å². The van der Waals surface area contributed by atoms with Crippen LogP contribution in [0.1, 0.15) is 12.6 Å². The molecule has 3 nitrogen and oxygen atoms in total. The van der Waals surface area contributed by atoms with Gasteiger partial charge in [0.2, 0.25) is 0 Å². The molecule has 3 heteroatoms. The minimum Gasteiger partial charge on any atom is -0.310 e. The van der Waals surface area contributed by atoms with Crippen molar-refractivity contribution in [2.75, 3.05) is 6.54 Å². The first-order valence-corrected chi connectivity index (χ1v) is 4.33. The molecule has 0 aromatic carbocycles. The molecule has 0 saturated heterocycles. The highest BCUT2D eigenvalue weighted by Crippen LogP contribution is 1.93. The Morgan fingerprint density at radius 2 is 2.46 bits per heavy atom. The minimum atomic E-state index is 0.0590. The summed E-state index contributed by atoms with van der Waals surface area (Å²) in [5, 5.41) is 11.7. The second-order valence-electron chi connectivity index (χ2n) is 2.98. The fourth-order valence-corrected chi connectivity index (χ4v) is 0.965. The van der Waals surface area contributed by atoms with Gasteiger partial charge in [-0.15, -0.1) is 0 Å². The number of nitriles is 1. The number of rotatable bonds is 4. The van der Waals surface area contributed by atoms with Crippen molar-refractivity contribution in [2.24, 2.45) is 5.92 Å². The number of hydrogen-bond acceptors (Lipinski definition) is 3. The molecule has 0 aliphatic heterocycles. The molecule has 0 radical (unpaired) electrons. The van der Waals surface area contributed by atoms with Crippen LogP contribution in [0.4, 0.5) is 0 Å². The first-order chi connectivity index (χ1) is 6.33. The first-order valence-electron chi connectivity index (χ1n) is 4.33. The highest BCUT2D eigenvalue weighted by molar-refractivity contribution is 5.02. The van der Waals surface area contributed by atoms with Crippen LogP contribution in [0.5, 0.6) is 0 Å². The fraction of sp³-hybridized carbons (Fsp3) is 0.400. The second kappa shape index (κ2) is 5.28. The number of nitrogens with one attached hydrogen (secondary N) is 1. The maximum absolute atomic E-state index is 8.53. The van der Waals surface area contributed by atoms with E-state index in [0.29, 0.717) is 6.54 Å². The summed E-state index contributed by atoms with van der Waals surface area (Å²) in [5.41, 5.74) is 1.01. The van der Waals surface area contributed by atoms with Crippen molar-refractivity contribution in [1.29, 1.82) is 5.26 Å². The van der Waals surface area contributed by atoms with Gasteiger partial charge in [0, 0.05) is 19.3 Å². The van der Waals surface area contributed by atoms with Gasteiger partial charge in [-0.25, -0.2) is 0 Å². The lowest BCUT2D eigenvalue weighted by Gasteiger charge is -2.04. The Kier molecular flexibility index (Phi) is 3.94. The molecule has 0 saturated carbocycles. The summed E-state index contributed by atoms with van der Waals surface area (Å²) >= 11 is 0. The van der Waals surface area contributed by atoms with E-state index < -0.39 is 0 Å². The van der Waals surface area contributed by atoms with E-state index >= 15 is 0 Å². The SMILES string of the molecule is CC(C#N)CNCc1ccccn1. The van der Waals surface area contributed by atoms with Crippen molar-refractivity contribution in [3.05, 3.63) is 30.1 Å². The summed E-state index contributed by atoms with van der Waals surface area (Å²) in [6, 6.07) is 7.98. The molecule has 0 spiro atoms. The molecule has 0 aliphatic rings. The van der Waals surface area contributed by atoms with E-state index in [2.05, 4.69) is 16.4 Å². The van der Waals surface area contributed by atoms with Gasteiger partial charge in [0.25, 0.3) is 0 Å². The molecule has 1 aromatic rings. The molecule has 13 heavy (non-hydrogen) atoms. The van der Waals surface area contributed by atoms with E-state index in [0.717, 1.165) is 12.2 Å². The van der Waals surface area contributed by atoms with Crippen molar-refractivity contribution in [2.45, 2.75) is 13.5 Å². The van der Waals surface area contributed by atoms with Crippen molar-refractivity contribution in [3.8, 4) is 6.07 Å². The number of aromatic nitrogens is 1. The van der Waals surface area contributed by atoms with Crippen LogP contribution in [0.2, 0.25) is 0 Å². The van der Waals surface area contributed by atoms with Gasteiger partial charge in [0.05, 0.1) is 17.7 Å². The van der Waals surface area contributed by atoms with E-state index in [4.69, 9.17) is 5.26 Å². The molecule has 0 bridgehead atoms. The van der Waals surface area contributed by atoms with Gasteiger partial charge in [0.1, 0.15) is 0 Å². The molecule has 1 unspecified atom stereocenters. The van der Waals surface area contributed by atoms with Crippen molar-refractivity contribution in [3.63, 3.8) is 0 Å². The monoisotopic (exact) mass is 175 g/mol. The molecule has 0 amide bonds. The van der Waals surface area contributed by atoms with Gasteiger partial charge in [0.15, 0.2) is 0 Å². The lowest BCUT2D eigenvalue weighted by molar-refractivity contribution is 0.595. The Hall–Kier alpha value is -1.40. The molecule has 0 aliphatic carbocycles. The predicted octanol–water partition coefficient (Wildman–Crippen LogP) is 1.33. The molecule has 1 atom stereocenters. The Morgan fingerprint density at radius 3 is 3.08 bits per heavy atom. The molecule has 0 fully saturated rings. The predicted molar refractivity (Wildman–Crippen MR) is 50.7 cm³/mol. The fourth-order valence-electron chi connectivity index (χ4n) is 0.965. The van der Waals surface area contributed by atoms with Gasteiger partial charge in [-0.2, -0.15) is 5.26 Å². The van der Waals surface area contributed by atoms with Crippen LogP contribution in [-0.2, 0) is 6.54 Å². The molecule has 1 heterocycles. The normalized spacial score (nSPS) is 12.0. The molecular formula is C10H13N3. The average Bonchev–Trinajstić information content (AvgIpc) is 2.19. The number of pyridine rings is 1. The zero-order valence-corrected chi connectivity index (χ0v) is 7.70. The Morgan fingerprint density at radius 1 is 1.62 bits per heavy atom. The Balaban J connectivity index is 2.25. The number of hydrogen-bond donors (Lipinski definition) is 1. The summed E-state index contributed by atoms with van der Waals surface area (Å²) in [4.78, 5) is 4.16. The highest BCUT2D eigenvalue weighted by Gasteiger charge is 1.98. The smallest absolute Gasteiger partial charge is 0.0666 e. The van der Waals surface area contributed by atoms with Gasteiger partial charge in [-0.3, -0.25) is 4.98 Å². The third-order valence-corrected chi connectivity index (χ3v) is 1.70. The molecule has 1 aromatic heterocycles.